The SMILES string of the molecule is C=C(CC)N(C)CNC/C=C\C. The first-order valence-electron chi connectivity index (χ1n) is 4.43. The van der Waals surface area contributed by atoms with Crippen molar-refractivity contribution in [2.75, 3.05) is 20.3 Å². The topological polar surface area (TPSA) is 15.3 Å². The molecule has 0 aromatic heterocycles. The molecule has 0 bridgehead atoms. The van der Waals surface area contributed by atoms with E-state index in [0.717, 1.165) is 19.6 Å². The third-order valence-electron chi connectivity index (χ3n) is 1.79. The molecule has 0 aliphatic heterocycles. The first kappa shape index (κ1) is 11.2. The summed E-state index contributed by atoms with van der Waals surface area (Å²) >= 11 is 0. The molecule has 0 amide bonds. The van der Waals surface area contributed by atoms with E-state index in [9.17, 15) is 0 Å². The number of hydrogen-bond acceptors (Lipinski definition) is 2. The lowest BCUT2D eigenvalue weighted by molar-refractivity contribution is 0.377. The Hall–Kier alpha value is -0.760. The molecule has 0 aromatic rings. The number of rotatable bonds is 6. The van der Waals surface area contributed by atoms with Crippen LogP contribution >= 0.6 is 0 Å². The van der Waals surface area contributed by atoms with Crippen LogP contribution in [-0.2, 0) is 0 Å². The van der Waals surface area contributed by atoms with Gasteiger partial charge in [0.2, 0.25) is 0 Å². The van der Waals surface area contributed by atoms with Crippen molar-refractivity contribution in [3.8, 4) is 0 Å². The first-order valence-corrected chi connectivity index (χ1v) is 4.43. The van der Waals surface area contributed by atoms with Gasteiger partial charge in [0.1, 0.15) is 0 Å². The Kier molecular flexibility index (Phi) is 6.48. The maximum atomic E-state index is 3.94. The molecule has 2 heteroatoms. The van der Waals surface area contributed by atoms with Crippen LogP contribution in [0.4, 0.5) is 0 Å². The molecule has 0 radical (unpaired) electrons. The molecule has 0 fully saturated rings. The van der Waals surface area contributed by atoms with Crippen molar-refractivity contribution in [2.24, 2.45) is 0 Å². The van der Waals surface area contributed by atoms with Crippen molar-refractivity contribution in [1.29, 1.82) is 0 Å². The first-order chi connectivity index (χ1) is 5.72. The molecule has 0 rings (SSSR count). The van der Waals surface area contributed by atoms with E-state index < -0.39 is 0 Å². The number of nitrogens with zero attached hydrogens (tertiary/aromatic N) is 1. The van der Waals surface area contributed by atoms with Crippen LogP contribution in [-0.4, -0.2) is 25.2 Å². The molecule has 0 aromatic carbocycles. The highest BCUT2D eigenvalue weighted by Gasteiger charge is 1.96. The maximum absolute atomic E-state index is 3.94. The Balaban J connectivity index is 3.43. The third-order valence-corrected chi connectivity index (χ3v) is 1.79. The standard InChI is InChI=1S/C10H20N2/c1-5-7-8-11-9-12(4)10(3)6-2/h5,7,11H,3,6,8-9H2,1-2,4H3/b7-5-. The summed E-state index contributed by atoms with van der Waals surface area (Å²) < 4.78 is 0. The molecule has 1 N–H and O–H groups in total. The number of allylic oxidation sites excluding steroid dienone is 2. The van der Waals surface area contributed by atoms with Gasteiger partial charge in [-0.2, -0.15) is 0 Å². The third kappa shape index (κ3) is 4.97. The molecule has 0 spiro atoms. The molecule has 70 valence electrons. The highest BCUT2D eigenvalue weighted by Crippen LogP contribution is 1.99. The van der Waals surface area contributed by atoms with Crippen LogP contribution in [0, 0.1) is 0 Å². The average Bonchev–Trinajstić information content (AvgIpc) is 2.10. The van der Waals surface area contributed by atoms with Gasteiger partial charge in [0.05, 0.1) is 6.67 Å². The van der Waals surface area contributed by atoms with E-state index >= 15 is 0 Å². The van der Waals surface area contributed by atoms with Crippen molar-refractivity contribution in [3.63, 3.8) is 0 Å². The summed E-state index contributed by atoms with van der Waals surface area (Å²) in [6.07, 6.45) is 5.16. The predicted molar refractivity (Wildman–Crippen MR) is 54.9 cm³/mol. The molecule has 0 atom stereocenters. The van der Waals surface area contributed by atoms with Crippen molar-refractivity contribution in [1.82, 2.24) is 10.2 Å². The lowest BCUT2D eigenvalue weighted by Gasteiger charge is -2.20. The molecule has 0 unspecified atom stereocenters. The minimum atomic E-state index is 0.872. The predicted octanol–water partition coefficient (Wildman–Crippen LogP) is 1.97. The molecule has 12 heavy (non-hydrogen) atoms. The zero-order valence-corrected chi connectivity index (χ0v) is 8.43. The maximum Gasteiger partial charge on any atom is 0.0678 e. The van der Waals surface area contributed by atoms with Gasteiger partial charge in [0, 0.05) is 19.3 Å². The van der Waals surface area contributed by atoms with Gasteiger partial charge in [0.25, 0.3) is 0 Å². The van der Waals surface area contributed by atoms with Gasteiger partial charge in [0.15, 0.2) is 0 Å². The summed E-state index contributed by atoms with van der Waals surface area (Å²) in [5.41, 5.74) is 1.17. The zero-order chi connectivity index (χ0) is 9.40. The fourth-order valence-electron chi connectivity index (χ4n) is 0.815. The van der Waals surface area contributed by atoms with Gasteiger partial charge in [-0.1, -0.05) is 25.7 Å². The van der Waals surface area contributed by atoms with Crippen LogP contribution in [0.15, 0.2) is 24.4 Å². The van der Waals surface area contributed by atoms with Crippen molar-refractivity contribution in [2.45, 2.75) is 20.3 Å². The minimum Gasteiger partial charge on any atom is -0.366 e. The van der Waals surface area contributed by atoms with Gasteiger partial charge in [-0.05, 0) is 13.3 Å². The quantitative estimate of drug-likeness (QED) is 0.370. The van der Waals surface area contributed by atoms with Gasteiger partial charge < -0.3 is 4.90 Å². The second kappa shape index (κ2) is 6.92. The number of nitrogens with one attached hydrogen (secondary N) is 1. The van der Waals surface area contributed by atoms with E-state index in [-0.39, 0.29) is 0 Å². The highest BCUT2D eigenvalue weighted by molar-refractivity contribution is 4.90. The monoisotopic (exact) mass is 168 g/mol. The highest BCUT2D eigenvalue weighted by atomic mass is 15.2. The van der Waals surface area contributed by atoms with Gasteiger partial charge in [-0.15, -0.1) is 0 Å². The molecular weight excluding hydrogens is 148 g/mol. The van der Waals surface area contributed by atoms with Crippen molar-refractivity contribution in [3.05, 3.63) is 24.4 Å². The summed E-state index contributed by atoms with van der Waals surface area (Å²) in [6, 6.07) is 0. The molecule has 0 aliphatic carbocycles. The van der Waals surface area contributed by atoms with E-state index in [1.807, 2.05) is 13.0 Å². The van der Waals surface area contributed by atoms with E-state index in [0.29, 0.717) is 0 Å². The van der Waals surface area contributed by atoms with Crippen LogP contribution in [0.25, 0.3) is 0 Å². The summed E-state index contributed by atoms with van der Waals surface area (Å²) in [5.74, 6) is 0. The lowest BCUT2D eigenvalue weighted by atomic mass is 10.3. The minimum absolute atomic E-state index is 0.872. The molecule has 0 saturated carbocycles. The van der Waals surface area contributed by atoms with E-state index in [1.165, 1.54) is 5.70 Å². The molecule has 0 heterocycles. The van der Waals surface area contributed by atoms with Crippen LogP contribution in [0.1, 0.15) is 20.3 Å². The fourth-order valence-corrected chi connectivity index (χ4v) is 0.815. The Morgan fingerprint density at radius 1 is 1.58 bits per heavy atom. The Bertz CT molecular complexity index is 150. The lowest BCUT2D eigenvalue weighted by Crippen LogP contribution is -2.30. The Morgan fingerprint density at radius 3 is 2.75 bits per heavy atom. The van der Waals surface area contributed by atoms with Crippen LogP contribution in [0.5, 0.6) is 0 Å². The van der Waals surface area contributed by atoms with Crippen molar-refractivity contribution < 1.29 is 0 Å². The van der Waals surface area contributed by atoms with Crippen LogP contribution in [0.2, 0.25) is 0 Å². The number of hydrogen-bond donors (Lipinski definition) is 1. The van der Waals surface area contributed by atoms with Gasteiger partial charge >= 0.3 is 0 Å². The normalized spacial score (nSPS) is 10.6. The molecule has 0 saturated heterocycles. The summed E-state index contributed by atoms with van der Waals surface area (Å²) in [5, 5.41) is 3.28. The van der Waals surface area contributed by atoms with Gasteiger partial charge in [-0.25, -0.2) is 0 Å². The van der Waals surface area contributed by atoms with Crippen LogP contribution in [0.3, 0.4) is 0 Å². The summed E-state index contributed by atoms with van der Waals surface area (Å²) in [6.45, 7) is 9.88. The summed E-state index contributed by atoms with van der Waals surface area (Å²) in [4.78, 5) is 2.13. The van der Waals surface area contributed by atoms with Gasteiger partial charge in [-0.3, -0.25) is 5.32 Å². The second-order valence-corrected chi connectivity index (χ2v) is 2.80. The summed E-state index contributed by atoms with van der Waals surface area (Å²) in [7, 11) is 2.05. The fraction of sp³-hybridized carbons (Fsp3) is 0.600. The second-order valence-electron chi connectivity index (χ2n) is 2.80. The largest absolute Gasteiger partial charge is 0.366 e. The van der Waals surface area contributed by atoms with Crippen molar-refractivity contribution >= 4 is 0 Å². The zero-order valence-electron chi connectivity index (χ0n) is 8.43. The molecular formula is C10H20N2. The molecule has 0 aliphatic rings. The Morgan fingerprint density at radius 2 is 2.25 bits per heavy atom. The van der Waals surface area contributed by atoms with Crippen LogP contribution < -0.4 is 5.32 Å². The Labute approximate surface area is 76.0 Å². The van der Waals surface area contributed by atoms with E-state index in [1.54, 1.807) is 0 Å². The average molecular weight is 168 g/mol. The molecule has 2 nitrogen and oxygen atoms in total. The van der Waals surface area contributed by atoms with E-state index in [4.69, 9.17) is 0 Å². The van der Waals surface area contributed by atoms with E-state index in [2.05, 4.69) is 36.8 Å². The smallest absolute Gasteiger partial charge is 0.0678 e.